The third-order valence-electron chi connectivity index (χ3n) is 13.9. The van der Waals surface area contributed by atoms with E-state index in [0.29, 0.717) is 50.2 Å². The van der Waals surface area contributed by atoms with Gasteiger partial charge >= 0.3 is 11.9 Å². The van der Waals surface area contributed by atoms with Gasteiger partial charge in [0.1, 0.15) is 63.5 Å². The van der Waals surface area contributed by atoms with Crippen LogP contribution in [-0.2, 0) is 56.6 Å². The predicted molar refractivity (Wildman–Crippen MR) is 338 cm³/mol. The lowest BCUT2D eigenvalue weighted by Gasteiger charge is -2.25. The Morgan fingerprint density at radius 2 is 1.18 bits per heavy atom. The average molecular weight is 1290 g/mol. The number of carboxylic acid groups (broad SMARTS) is 1. The number of halogens is 3. The number of ether oxygens (including phenoxy) is 1. The normalized spacial score (nSPS) is 13.9. The number of benzene rings is 2. The smallest absolute Gasteiger partial charge is 0.354 e. The molecule has 474 valence electrons. The summed E-state index contributed by atoms with van der Waals surface area (Å²) in [5.74, 6) is -0.166. The molecule has 0 amide bonds. The molecule has 0 aliphatic carbocycles. The van der Waals surface area contributed by atoms with Gasteiger partial charge in [-0.05, 0) is 96.7 Å². The van der Waals surface area contributed by atoms with E-state index >= 15 is 0 Å². The second-order valence-electron chi connectivity index (χ2n) is 22.0. The van der Waals surface area contributed by atoms with Crippen molar-refractivity contribution in [2.24, 2.45) is 32.8 Å². The van der Waals surface area contributed by atoms with Crippen LogP contribution in [0.15, 0.2) is 103 Å². The van der Waals surface area contributed by atoms with Crippen molar-refractivity contribution in [1.82, 2.24) is 68.6 Å². The van der Waals surface area contributed by atoms with Crippen LogP contribution in [0.3, 0.4) is 0 Å². The van der Waals surface area contributed by atoms with Crippen molar-refractivity contribution in [1.29, 1.82) is 0 Å². The molecule has 2 aromatic carbocycles. The highest BCUT2D eigenvalue weighted by Gasteiger charge is 2.27. The van der Waals surface area contributed by atoms with Crippen molar-refractivity contribution in [3.8, 4) is 54.9 Å². The number of aliphatic hydroxyl groups is 2. The first-order chi connectivity index (χ1) is 42.4. The molecule has 5 N–H and O–H groups in total. The van der Waals surface area contributed by atoms with E-state index in [-0.39, 0.29) is 59.2 Å². The molecule has 28 heteroatoms. The van der Waals surface area contributed by atoms with Crippen molar-refractivity contribution in [3.05, 3.63) is 160 Å². The second kappa shape index (κ2) is 30.6. The number of pyridine rings is 1. The molecule has 2 atom stereocenters. The van der Waals surface area contributed by atoms with E-state index in [1.54, 1.807) is 45.7 Å². The number of aromatic nitrogens is 14. The molecule has 10 heterocycles. The van der Waals surface area contributed by atoms with E-state index in [4.69, 9.17) is 25.8 Å². The topological polar surface area (TPSA) is 305 Å². The average Bonchev–Trinajstić information content (AvgIpc) is 1.91. The molecular weight excluding hydrogens is 1220 g/mol. The zero-order valence-electron chi connectivity index (χ0n) is 51.0. The Morgan fingerprint density at radius 3 is 1.68 bits per heavy atom. The Hall–Kier alpha value is -8.86. The summed E-state index contributed by atoms with van der Waals surface area (Å²) in [5.41, 5.74) is 13.9. The molecule has 0 saturated carbocycles. The molecule has 2 aliphatic rings. The fourth-order valence-corrected chi connectivity index (χ4v) is 11.3. The van der Waals surface area contributed by atoms with Crippen LogP contribution in [0.1, 0.15) is 99.5 Å². The number of carbonyl (C=O) groups is 4. The molecule has 12 rings (SSSR count). The van der Waals surface area contributed by atoms with Gasteiger partial charge < -0.3 is 34.9 Å². The number of rotatable bonds is 12. The van der Waals surface area contributed by atoms with E-state index < -0.39 is 24.8 Å². The van der Waals surface area contributed by atoms with Crippen LogP contribution in [0, 0.1) is 38.3 Å². The molecule has 8 aromatic heterocycles. The number of carboxylic acids is 1. The van der Waals surface area contributed by atoms with Crippen molar-refractivity contribution in [3.63, 3.8) is 0 Å². The number of Topliss-reactive ketones (excluding diaryl/α,β-unsaturated/α-hetero) is 2. The van der Waals surface area contributed by atoms with Crippen LogP contribution in [0.25, 0.3) is 54.9 Å². The Bertz CT molecular complexity index is 4120. The zero-order valence-corrected chi connectivity index (χ0v) is 53.5. The first kappa shape index (κ1) is 68.6. The quantitative estimate of drug-likeness (QED) is 0.0654. The largest absolute Gasteiger partial charge is 0.477 e. The molecular formula is C62H70ClF2N15O8S2. The second-order valence-corrected chi connectivity index (χ2v) is 24.1. The summed E-state index contributed by atoms with van der Waals surface area (Å²) in [6, 6.07) is 18.8. The third kappa shape index (κ3) is 17.7. The fraction of sp³-hybridized carbons (Fsp3) is 0.339. The number of imidazole rings is 2. The van der Waals surface area contributed by atoms with Gasteiger partial charge in [-0.1, -0.05) is 41.7 Å². The highest BCUT2D eigenvalue weighted by molar-refractivity contribution is 7.14. The highest BCUT2D eigenvalue weighted by Crippen LogP contribution is 2.31. The number of nitrogens with zero attached hydrogens (tertiary/aromatic N) is 14. The Labute approximate surface area is 531 Å². The number of ketones is 2. The molecule has 23 nitrogen and oxygen atoms in total. The van der Waals surface area contributed by atoms with Crippen LogP contribution in [0.5, 0.6) is 0 Å². The molecule has 90 heavy (non-hydrogen) atoms. The number of hydrogen-bond acceptors (Lipinski definition) is 19. The van der Waals surface area contributed by atoms with E-state index in [9.17, 15) is 28.0 Å². The lowest BCUT2D eigenvalue weighted by atomic mass is 9.94. The maximum absolute atomic E-state index is 13.4. The monoisotopic (exact) mass is 1290 g/mol. The summed E-state index contributed by atoms with van der Waals surface area (Å²) in [7, 11) is 4.93. The van der Waals surface area contributed by atoms with Gasteiger partial charge in [0.25, 0.3) is 0 Å². The van der Waals surface area contributed by atoms with Crippen LogP contribution >= 0.6 is 35.1 Å². The number of hydrogen-bond donors (Lipinski definition) is 4. The number of aromatic carboxylic acids is 1. The van der Waals surface area contributed by atoms with Crippen LogP contribution < -0.4 is 5.73 Å². The number of thiazole rings is 1. The van der Waals surface area contributed by atoms with Crippen LogP contribution in [0.4, 0.5) is 8.78 Å². The van der Waals surface area contributed by atoms with Gasteiger partial charge in [-0.2, -0.15) is 15.3 Å². The number of aliphatic hydroxyl groups excluding tert-OH is 2. The van der Waals surface area contributed by atoms with Gasteiger partial charge in [0.15, 0.2) is 10.7 Å². The first-order valence-corrected chi connectivity index (χ1v) is 29.9. The van der Waals surface area contributed by atoms with Crippen LogP contribution in [0.2, 0.25) is 0 Å². The summed E-state index contributed by atoms with van der Waals surface area (Å²) < 4.78 is 40.4. The molecule has 0 saturated heterocycles. The minimum Gasteiger partial charge on any atom is -0.477 e. The highest BCUT2D eigenvalue weighted by atomic mass is 35.5. The number of fused-ring (bicyclic) bond motifs is 2. The molecule has 2 unspecified atom stereocenters. The Balaban J connectivity index is 0.000000161. The van der Waals surface area contributed by atoms with E-state index in [1.165, 1.54) is 67.2 Å². The molecule has 0 radical (unpaired) electrons. The maximum atomic E-state index is 13.4. The van der Waals surface area contributed by atoms with E-state index in [2.05, 4.69) is 54.6 Å². The van der Waals surface area contributed by atoms with Crippen molar-refractivity contribution in [2.45, 2.75) is 98.4 Å². The third-order valence-corrected chi connectivity index (χ3v) is 15.7. The summed E-state index contributed by atoms with van der Waals surface area (Å²) >= 11 is 2.81. The number of nitrogens with two attached hydrogens (primary N) is 1. The van der Waals surface area contributed by atoms with Gasteiger partial charge in [0.2, 0.25) is 11.6 Å². The van der Waals surface area contributed by atoms with Crippen molar-refractivity contribution >= 4 is 58.6 Å². The lowest BCUT2D eigenvalue weighted by molar-refractivity contribution is -0.156. The minimum atomic E-state index is -0.988. The van der Waals surface area contributed by atoms with Gasteiger partial charge in [0, 0.05) is 105 Å². The number of carbonyl (C=O) groups excluding carboxylic acids is 3. The molecule has 0 fully saturated rings. The van der Waals surface area contributed by atoms with E-state index in [1.807, 2.05) is 89.6 Å². The lowest BCUT2D eigenvalue weighted by Crippen LogP contribution is -2.30. The van der Waals surface area contributed by atoms with Gasteiger partial charge in [0.05, 0.1) is 46.8 Å². The Morgan fingerprint density at radius 1 is 0.656 bits per heavy atom. The SMILES string of the molecule is CC(C)(C)OC(=O)CC1CCn2cc(-c3cccc(F)c3)nc2C1.Cc1cccc(-c2cnn(C)c2C(=O)CO)n1.Cc1csc(-c2cnn(C)c2C(=O)O)n1.Cc1nnc(-c2cnn(C)c2C(=O)CO)s1.Cl.NC1CCn2cc(-c3cccc(F)c3)nc2C1. The zero-order chi connectivity index (χ0) is 64.3. The molecule has 2 aliphatic heterocycles. The molecule has 0 spiro atoms. The Kier molecular flexibility index (Phi) is 23.3. The number of aryl methyl sites for hydroxylation is 8. The fourth-order valence-electron chi connectivity index (χ4n) is 9.77. The van der Waals surface area contributed by atoms with Gasteiger partial charge in [-0.25, -0.2) is 28.5 Å². The minimum absolute atomic E-state index is 0. The summed E-state index contributed by atoms with van der Waals surface area (Å²) in [4.78, 5) is 63.9. The number of esters is 1. The van der Waals surface area contributed by atoms with Gasteiger partial charge in [-0.3, -0.25) is 33.4 Å². The molecule has 0 bridgehead atoms. The molecule has 10 aromatic rings. The summed E-state index contributed by atoms with van der Waals surface area (Å²) in [6.07, 6.45) is 12.5. The predicted octanol–water partition coefficient (Wildman–Crippen LogP) is 9.31. The van der Waals surface area contributed by atoms with Crippen LogP contribution in [-0.4, -0.2) is 132 Å². The van der Waals surface area contributed by atoms with E-state index in [0.717, 1.165) is 89.3 Å². The first-order valence-electron chi connectivity index (χ1n) is 28.2. The van der Waals surface area contributed by atoms with Gasteiger partial charge in [-0.15, -0.1) is 33.9 Å². The summed E-state index contributed by atoms with van der Waals surface area (Å²) in [5, 5.41) is 50.7. The summed E-state index contributed by atoms with van der Waals surface area (Å²) in [6.45, 7) is 11.9. The maximum Gasteiger partial charge on any atom is 0.354 e. The van der Waals surface area contributed by atoms with Crippen molar-refractivity contribution in [2.75, 3.05) is 13.2 Å². The van der Waals surface area contributed by atoms with Crippen molar-refractivity contribution < 1.29 is 48.0 Å². The standard InChI is InChI=1S/C19H23FN2O2.C13H14FN3.C12H13N3O2.C9H10N4O2S.C9H9N3O2S.ClH/c1-19(2,3)24-18(23)10-13-7-8-22-12-16(21-17(22)9-13)14-5-4-6-15(20)11-14;14-10-3-1-2-9(6-10)12-8-17-5-4-11(15)7-13(17)16-12;1-8-4-3-5-10(14-8)9-6-13-15(2)12(9)11(17)7-16;1-5-11-12-9(16-5)6-3-10-13(2)8(6)7(15)4-14;1-5-4-15-8(11-5)6-3-10-12(2)7(6)9(13)14;/h4-6,11-13H,7-10H2,1-3H3;1-3,6,8,11H,4-5,7,15H2;3-6,16H,7H2,1-2H3;3,14H,4H2,1-2H3;3-4H,1-2H3,(H,13,14);1H.